The monoisotopic (exact) mass is 176 g/mol. The molecule has 1 rings (SSSR count). The molecule has 0 aromatic heterocycles. The Kier molecular flexibility index (Phi) is 1.95. The second-order valence-corrected chi connectivity index (χ2v) is 4.29. The first-order valence-corrected chi connectivity index (χ1v) is 4.70. The largest absolute Gasteiger partial charge is 0.320 e. The molecule has 0 spiro atoms. The molecule has 1 aliphatic rings. The first-order valence-electron chi connectivity index (χ1n) is 2.88. The van der Waals surface area contributed by atoms with Crippen LogP contribution in [0.1, 0.15) is 0 Å². The molecule has 0 aromatic carbocycles. The van der Waals surface area contributed by atoms with Crippen LogP contribution in [0.25, 0.3) is 0 Å². The Morgan fingerprint density at radius 1 is 1.55 bits per heavy atom. The van der Waals surface area contributed by atoms with Crippen LogP contribution in [0.3, 0.4) is 0 Å². The minimum atomic E-state index is -3.27. The van der Waals surface area contributed by atoms with E-state index in [0.29, 0.717) is 0 Å². The van der Waals surface area contributed by atoms with E-state index in [1.54, 1.807) is 0 Å². The molecule has 0 aromatic rings. The predicted molar refractivity (Wildman–Crippen MR) is 36.1 cm³/mol. The maximum atomic E-state index is 10.7. The Balaban J connectivity index is 2.74. The summed E-state index contributed by atoms with van der Waals surface area (Å²) in [7, 11) is -3.27. The summed E-state index contributed by atoms with van der Waals surface area (Å²) in [5.74, 6) is -1.34. The van der Waals surface area contributed by atoms with Gasteiger partial charge in [-0.05, 0) is 0 Å². The van der Waals surface area contributed by atoms with E-state index in [0.717, 1.165) is 4.90 Å². The molecule has 61 valence electrons. The van der Waals surface area contributed by atoms with Crippen LogP contribution in [0.15, 0.2) is 0 Å². The molecular formula is C5H6NO4S. The molecular weight excluding hydrogens is 170 g/mol. The molecule has 6 heteroatoms. The average Bonchev–Trinajstić information content (AvgIpc) is 2.07. The predicted octanol–water partition coefficient (Wildman–Crippen LogP) is -1.69. The molecule has 0 atom stereocenters. The lowest BCUT2D eigenvalue weighted by atomic mass is 10.5. The van der Waals surface area contributed by atoms with Gasteiger partial charge in [0, 0.05) is 0 Å². The van der Waals surface area contributed by atoms with Crippen LogP contribution in [-0.4, -0.2) is 43.7 Å². The Labute approximate surface area is 63.9 Å². The van der Waals surface area contributed by atoms with Gasteiger partial charge in [0.15, 0.2) is 9.84 Å². The summed E-state index contributed by atoms with van der Waals surface area (Å²) >= 11 is 0. The molecule has 1 radical (unpaired) electrons. The minimum absolute atomic E-state index is 0.252. The molecule has 11 heavy (non-hydrogen) atoms. The fourth-order valence-electron chi connectivity index (χ4n) is 0.846. The van der Waals surface area contributed by atoms with Crippen molar-refractivity contribution < 1.29 is 18.0 Å². The number of amides is 1. The molecule has 0 bridgehead atoms. The maximum Gasteiger partial charge on any atom is 0.239 e. The van der Waals surface area contributed by atoms with Gasteiger partial charge in [0.2, 0.25) is 12.2 Å². The van der Waals surface area contributed by atoms with Crippen molar-refractivity contribution in [3.8, 4) is 0 Å². The van der Waals surface area contributed by atoms with Gasteiger partial charge in [-0.3, -0.25) is 9.59 Å². The van der Waals surface area contributed by atoms with Crippen molar-refractivity contribution in [2.45, 2.75) is 0 Å². The minimum Gasteiger partial charge on any atom is -0.320 e. The Morgan fingerprint density at radius 2 is 2.18 bits per heavy atom. The first-order chi connectivity index (χ1) is 5.05. The highest BCUT2D eigenvalue weighted by molar-refractivity contribution is 7.92. The molecule has 0 saturated carbocycles. The Bertz CT molecular complexity index is 281. The van der Waals surface area contributed by atoms with Crippen LogP contribution < -0.4 is 0 Å². The van der Waals surface area contributed by atoms with Gasteiger partial charge >= 0.3 is 0 Å². The summed E-state index contributed by atoms with van der Waals surface area (Å²) in [5, 5.41) is 0. The molecule has 1 heterocycles. The van der Waals surface area contributed by atoms with E-state index in [1.165, 1.54) is 6.29 Å². The second kappa shape index (κ2) is 2.61. The zero-order chi connectivity index (χ0) is 8.48. The van der Waals surface area contributed by atoms with Gasteiger partial charge in [-0.1, -0.05) is 0 Å². The normalized spacial score (nSPS) is 22.2. The van der Waals surface area contributed by atoms with Gasteiger partial charge in [0.1, 0.15) is 11.6 Å². The molecule has 5 nitrogen and oxygen atoms in total. The van der Waals surface area contributed by atoms with E-state index in [-0.39, 0.29) is 12.4 Å². The summed E-state index contributed by atoms with van der Waals surface area (Å²) in [6.07, 6.45) is 1.47. The number of hydrogen-bond donors (Lipinski definition) is 0. The number of carbonyl (C=O) groups excluding carboxylic acids is 2. The summed E-state index contributed by atoms with van der Waals surface area (Å²) in [6, 6.07) is 0. The Hall–Kier alpha value is -0.910. The van der Waals surface area contributed by atoms with Crippen LogP contribution in [-0.2, 0) is 19.4 Å². The smallest absolute Gasteiger partial charge is 0.239 e. The summed E-state index contributed by atoms with van der Waals surface area (Å²) in [6.45, 7) is -0.252. The van der Waals surface area contributed by atoms with Crippen LogP contribution >= 0.6 is 0 Å². The van der Waals surface area contributed by atoms with E-state index in [4.69, 9.17) is 0 Å². The lowest BCUT2D eigenvalue weighted by Crippen LogP contribution is -2.27. The summed E-state index contributed by atoms with van der Waals surface area (Å²) in [4.78, 5) is 21.5. The van der Waals surface area contributed by atoms with Crippen LogP contribution in [0.4, 0.5) is 0 Å². The van der Waals surface area contributed by atoms with Crippen LogP contribution in [0.5, 0.6) is 0 Å². The number of hydrogen-bond acceptors (Lipinski definition) is 4. The van der Waals surface area contributed by atoms with Crippen LogP contribution in [0, 0.1) is 0 Å². The van der Waals surface area contributed by atoms with Crippen molar-refractivity contribution in [2.24, 2.45) is 0 Å². The third-order valence-electron chi connectivity index (χ3n) is 1.30. The topological polar surface area (TPSA) is 71.5 Å². The van der Waals surface area contributed by atoms with Gasteiger partial charge in [-0.2, -0.15) is 0 Å². The summed E-state index contributed by atoms with van der Waals surface area (Å²) in [5.41, 5.74) is 0. The zero-order valence-electron chi connectivity index (χ0n) is 5.61. The molecule has 1 amide bonds. The van der Waals surface area contributed by atoms with Crippen molar-refractivity contribution in [2.75, 3.05) is 18.2 Å². The maximum absolute atomic E-state index is 10.7. The molecule has 0 aliphatic carbocycles. The lowest BCUT2D eigenvalue weighted by Gasteiger charge is -2.06. The van der Waals surface area contributed by atoms with Gasteiger partial charge in [0.25, 0.3) is 0 Å². The lowest BCUT2D eigenvalue weighted by molar-refractivity contribution is -0.125. The number of nitrogens with zero attached hydrogens (tertiary/aromatic N) is 1. The van der Waals surface area contributed by atoms with E-state index in [9.17, 15) is 18.0 Å². The van der Waals surface area contributed by atoms with Gasteiger partial charge in [-0.25, -0.2) is 8.42 Å². The van der Waals surface area contributed by atoms with E-state index in [2.05, 4.69) is 0 Å². The SMILES string of the molecule is O=[C]CN1CS(=O)(=O)CC1=O. The number of carbonyl (C=O) groups is 1. The fourth-order valence-corrected chi connectivity index (χ4v) is 2.21. The molecule has 1 fully saturated rings. The fraction of sp³-hybridized carbons (Fsp3) is 0.600. The quantitative estimate of drug-likeness (QED) is 0.503. The van der Waals surface area contributed by atoms with E-state index >= 15 is 0 Å². The van der Waals surface area contributed by atoms with Gasteiger partial charge < -0.3 is 4.90 Å². The van der Waals surface area contributed by atoms with Crippen molar-refractivity contribution in [1.29, 1.82) is 0 Å². The molecule has 0 unspecified atom stereocenters. The molecule has 1 aliphatic heterocycles. The van der Waals surface area contributed by atoms with E-state index in [1.807, 2.05) is 0 Å². The highest BCUT2D eigenvalue weighted by atomic mass is 32.2. The number of rotatable bonds is 2. The molecule has 1 saturated heterocycles. The Morgan fingerprint density at radius 3 is 2.55 bits per heavy atom. The van der Waals surface area contributed by atoms with Gasteiger partial charge in [-0.15, -0.1) is 0 Å². The standard InChI is InChI=1S/C5H6NO4S/c7-2-1-6-4-11(9,10)3-5(6)8/h1,3-4H2. The molecule has 0 N–H and O–H groups in total. The van der Waals surface area contributed by atoms with Crippen LogP contribution in [0.2, 0.25) is 0 Å². The highest BCUT2D eigenvalue weighted by Gasteiger charge is 2.32. The average molecular weight is 176 g/mol. The van der Waals surface area contributed by atoms with Crippen molar-refractivity contribution in [1.82, 2.24) is 4.90 Å². The van der Waals surface area contributed by atoms with Gasteiger partial charge in [0.05, 0.1) is 6.54 Å². The van der Waals surface area contributed by atoms with Crippen molar-refractivity contribution >= 4 is 22.0 Å². The zero-order valence-corrected chi connectivity index (χ0v) is 6.43. The van der Waals surface area contributed by atoms with Crippen molar-refractivity contribution in [3.63, 3.8) is 0 Å². The third-order valence-corrected chi connectivity index (χ3v) is 2.70. The second-order valence-electron chi connectivity index (χ2n) is 2.25. The first kappa shape index (κ1) is 8.19. The third kappa shape index (κ3) is 1.76. The number of sulfone groups is 1. The highest BCUT2D eigenvalue weighted by Crippen LogP contribution is 2.06. The van der Waals surface area contributed by atoms with Crippen molar-refractivity contribution in [3.05, 3.63) is 0 Å². The van der Waals surface area contributed by atoms with E-state index < -0.39 is 21.5 Å². The summed E-state index contributed by atoms with van der Waals surface area (Å²) < 4.78 is 21.5.